The van der Waals surface area contributed by atoms with Crippen molar-refractivity contribution in [3.05, 3.63) is 95.4 Å². The van der Waals surface area contributed by atoms with Crippen molar-refractivity contribution in [3.8, 4) is 0 Å². The lowest BCUT2D eigenvalue weighted by Crippen LogP contribution is -2.44. The van der Waals surface area contributed by atoms with Gasteiger partial charge in [0.25, 0.3) is 5.91 Å². The molecule has 0 aliphatic carbocycles. The number of carbonyl (C=O) groups excluding carboxylic acids is 1. The van der Waals surface area contributed by atoms with Gasteiger partial charge in [-0.25, -0.2) is 4.99 Å². The molecule has 32 heavy (non-hydrogen) atoms. The Hall–Kier alpha value is -3.58. The van der Waals surface area contributed by atoms with E-state index in [0.717, 1.165) is 11.1 Å². The van der Waals surface area contributed by atoms with Crippen LogP contribution in [0.2, 0.25) is 0 Å². The minimum Gasteiger partial charge on any atom is -0.467 e. The molecule has 0 saturated heterocycles. The summed E-state index contributed by atoms with van der Waals surface area (Å²) in [5.74, 6) is 1.12. The second kappa shape index (κ2) is 11.2. The van der Waals surface area contributed by atoms with E-state index in [4.69, 9.17) is 4.42 Å². The quantitative estimate of drug-likeness (QED) is 0.306. The van der Waals surface area contributed by atoms with Crippen molar-refractivity contribution in [1.29, 1.82) is 0 Å². The van der Waals surface area contributed by atoms with E-state index < -0.39 is 5.60 Å². The molecule has 0 aliphatic heterocycles. The summed E-state index contributed by atoms with van der Waals surface area (Å²) in [4.78, 5) is 17.0. The third-order valence-electron chi connectivity index (χ3n) is 4.95. The summed E-state index contributed by atoms with van der Waals surface area (Å²) in [5, 5.41) is 20.0. The van der Waals surface area contributed by atoms with E-state index in [1.807, 2.05) is 61.5 Å². The van der Waals surface area contributed by atoms with Crippen LogP contribution in [0.4, 0.5) is 0 Å². The maximum Gasteiger partial charge on any atom is 0.251 e. The van der Waals surface area contributed by atoms with Gasteiger partial charge in [0.1, 0.15) is 11.4 Å². The molecule has 7 nitrogen and oxygen atoms in total. The smallest absolute Gasteiger partial charge is 0.251 e. The number of hydrogen-bond acceptors (Lipinski definition) is 4. The molecular formula is C25H30N4O3. The zero-order valence-electron chi connectivity index (χ0n) is 18.5. The number of aliphatic imine (C=N–C) groups is 1. The van der Waals surface area contributed by atoms with E-state index in [0.29, 0.717) is 43.5 Å². The van der Waals surface area contributed by atoms with Crippen LogP contribution < -0.4 is 16.0 Å². The standard InChI is InChI=1S/C25H30N4O3/c1-3-26-24(29-18-25(2,31)21-11-5-4-6-12-21)28-16-19-9-7-10-20(15-19)23(30)27-17-22-13-8-14-32-22/h4-15,31H,3,16-18H2,1-2H3,(H,27,30)(H2,26,28,29). The number of rotatable bonds is 9. The Kier molecular flexibility index (Phi) is 8.05. The number of furan rings is 1. The molecule has 0 bridgehead atoms. The Balaban J connectivity index is 1.60. The zero-order chi connectivity index (χ0) is 22.8. The molecule has 0 radical (unpaired) electrons. The average molecular weight is 435 g/mol. The van der Waals surface area contributed by atoms with Crippen LogP contribution in [0.25, 0.3) is 0 Å². The number of hydrogen-bond donors (Lipinski definition) is 4. The fourth-order valence-electron chi connectivity index (χ4n) is 3.16. The second-order valence-corrected chi connectivity index (χ2v) is 7.65. The highest BCUT2D eigenvalue weighted by Gasteiger charge is 2.22. The lowest BCUT2D eigenvalue weighted by molar-refractivity contribution is 0.0617. The number of guanidine groups is 1. The van der Waals surface area contributed by atoms with Crippen molar-refractivity contribution in [2.24, 2.45) is 4.99 Å². The van der Waals surface area contributed by atoms with Gasteiger partial charge >= 0.3 is 0 Å². The summed E-state index contributed by atoms with van der Waals surface area (Å²) in [6.45, 7) is 5.47. The number of amides is 1. The van der Waals surface area contributed by atoms with Crippen molar-refractivity contribution in [2.75, 3.05) is 13.1 Å². The molecule has 1 unspecified atom stereocenters. The Morgan fingerprint density at radius 2 is 1.84 bits per heavy atom. The Morgan fingerprint density at radius 1 is 1.03 bits per heavy atom. The molecule has 1 heterocycles. The molecular weight excluding hydrogens is 404 g/mol. The lowest BCUT2D eigenvalue weighted by atomic mass is 9.96. The first-order valence-electron chi connectivity index (χ1n) is 10.7. The predicted octanol–water partition coefficient (Wildman–Crippen LogP) is 3.17. The van der Waals surface area contributed by atoms with E-state index in [2.05, 4.69) is 20.9 Å². The third-order valence-corrected chi connectivity index (χ3v) is 4.95. The molecule has 0 spiro atoms. The highest BCUT2D eigenvalue weighted by atomic mass is 16.3. The van der Waals surface area contributed by atoms with Crippen molar-refractivity contribution in [3.63, 3.8) is 0 Å². The average Bonchev–Trinajstić information content (AvgIpc) is 3.34. The molecule has 2 aromatic carbocycles. The molecule has 0 fully saturated rings. The molecule has 7 heteroatoms. The molecule has 0 saturated carbocycles. The van der Waals surface area contributed by atoms with E-state index >= 15 is 0 Å². The van der Waals surface area contributed by atoms with E-state index in [1.165, 1.54) is 0 Å². The van der Waals surface area contributed by atoms with Crippen molar-refractivity contribution in [2.45, 2.75) is 32.5 Å². The van der Waals surface area contributed by atoms with Crippen molar-refractivity contribution >= 4 is 11.9 Å². The van der Waals surface area contributed by atoms with Crippen LogP contribution in [0.5, 0.6) is 0 Å². The number of benzene rings is 2. The van der Waals surface area contributed by atoms with Gasteiger partial charge in [-0.1, -0.05) is 42.5 Å². The fourth-order valence-corrected chi connectivity index (χ4v) is 3.16. The first-order valence-corrected chi connectivity index (χ1v) is 10.7. The molecule has 1 atom stereocenters. The summed E-state index contributed by atoms with van der Waals surface area (Å²) in [6.07, 6.45) is 1.58. The summed E-state index contributed by atoms with van der Waals surface area (Å²) in [7, 11) is 0. The monoisotopic (exact) mass is 434 g/mol. The van der Waals surface area contributed by atoms with Crippen molar-refractivity contribution < 1.29 is 14.3 Å². The highest BCUT2D eigenvalue weighted by Crippen LogP contribution is 2.18. The minimum atomic E-state index is -1.04. The topological polar surface area (TPSA) is 98.9 Å². The molecule has 3 rings (SSSR count). The zero-order valence-corrected chi connectivity index (χ0v) is 18.5. The lowest BCUT2D eigenvalue weighted by Gasteiger charge is -2.25. The van der Waals surface area contributed by atoms with Gasteiger partial charge in [-0.15, -0.1) is 0 Å². The maximum atomic E-state index is 12.4. The summed E-state index contributed by atoms with van der Waals surface area (Å²) in [5.41, 5.74) is 1.26. The molecule has 4 N–H and O–H groups in total. The van der Waals surface area contributed by atoms with Crippen LogP contribution in [-0.2, 0) is 18.7 Å². The molecule has 1 amide bonds. The number of nitrogens with one attached hydrogen (secondary N) is 3. The fraction of sp³-hybridized carbons (Fsp3) is 0.280. The van der Waals surface area contributed by atoms with Gasteiger partial charge in [0.15, 0.2) is 5.96 Å². The molecule has 3 aromatic rings. The maximum absolute atomic E-state index is 12.4. The van der Waals surface area contributed by atoms with Gasteiger partial charge < -0.3 is 25.5 Å². The van der Waals surface area contributed by atoms with E-state index in [9.17, 15) is 9.90 Å². The molecule has 0 aliphatic rings. The minimum absolute atomic E-state index is 0.170. The van der Waals surface area contributed by atoms with Gasteiger partial charge in [0.05, 0.1) is 25.9 Å². The number of aliphatic hydroxyl groups is 1. The van der Waals surface area contributed by atoms with Gasteiger partial charge in [0.2, 0.25) is 0 Å². The van der Waals surface area contributed by atoms with Crippen LogP contribution in [0, 0.1) is 0 Å². The van der Waals surface area contributed by atoms with E-state index in [1.54, 1.807) is 25.3 Å². The largest absolute Gasteiger partial charge is 0.467 e. The van der Waals surface area contributed by atoms with Gasteiger partial charge in [-0.05, 0) is 49.2 Å². The molecule has 1 aromatic heterocycles. The van der Waals surface area contributed by atoms with Gasteiger partial charge in [0, 0.05) is 12.1 Å². The third kappa shape index (κ3) is 6.72. The van der Waals surface area contributed by atoms with Crippen molar-refractivity contribution in [1.82, 2.24) is 16.0 Å². The normalized spacial score (nSPS) is 13.3. The van der Waals surface area contributed by atoms with E-state index in [-0.39, 0.29) is 5.91 Å². The summed E-state index contributed by atoms with van der Waals surface area (Å²) >= 11 is 0. The van der Waals surface area contributed by atoms with Crippen LogP contribution in [0.1, 0.15) is 41.1 Å². The number of carbonyl (C=O) groups is 1. The first-order chi connectivity index (χ1) is 15.5. The summed E-state index contributed by atoms with van der Waals surface area (Å²) < 4.78 is 5.24. The number of nitrogens with zero attached hydrogens (tertiary/aromatic N) is 1. The van der Waals surface area contributed by atoms with Crippen LogP contribution in [0.15, 0.2) is 82.4 Å². The van der Waals surface area contributed by atoms with Gasteiger partial charge in [-0.3, -0.25) is 4.79 Å². The van der Waals surface area contributed by atoms with Crippen LogP contribution >= 0.6 is 0 Å². The summed E-state index contributed by atoms with van der Waals surface area (Å²) in [6, 6.07) is 20.5. The highest BCUT2D eigenvalue weighted by molar-refractivity contribution is 5.94. The van der Waals surface area contributed by atoms with Crippen LogP contribution in [0.3, 0.4) is 0 Å². The Labute approximate surface area is 188 Å². The van der Waals surface area contributed by atoms with Crippen LogP contribution in [-0.4, -0.2) is 30.1 Å². The SMILES string of the molecule is CCNC(=NCc1cccc(C(=O)NCc2ccco2)c1)NCC(C)(O)c1ccccc1. The molecule has 168 valence electrons. The second-order valence-electron chi connectivity index (χ2n) is 7.65. The Bertz CT molecular complexity index is 1010. The first kappa shape index (κ1) is 23.1. The predicted molar refractivity (Wildman–Crippen MR) is 125 cm³/mol. The van der Waals surface area contributed by atoms with Gasteiger partial charge in [-0.2, -0.15) is 0 Å². The Morgan fingerprint density at radius 3 is 2.56 bits per heavy atom.